The molecule has 1 atom stereocenters. The molecule has 0 fully saturated rings. The molecule has 154 valence electrons. The molecule has 0 spiro atoms. The van der Waals surface area contributed by atoms with E-state index in [0.717, 1.165) is 20.1 Å². The van der Waals surface area contributed by atoms with Crippen LogP contribution in [0.5, 0.6) is 5.75 Å². The third kappa shape index (κ3) is 6.15. The minimum Gasteiger partial charge on any atom is -0.487 e. The van der Waals surface area contributed by atoms with Gasteiger partial charge in [0.25, 0.3) is 5.91 Å². The Kier molecular flexibility index (Phi) is 8.04. The second-order valence-corrected chi connectivity index (χ2v) is 8.42. The third-order valence-corrected chi connectivity index (χ3v) is 5.50. The van der Waals surface area contributed by atoms with Gasteiger partial charge in [-0.3, -0.25) is 4.79 Å². The fraction of sp³-hybridized carbons (Fsp3) is 0.0909. The minimum absolute atomic E-state index is 0.384. The Labute approximate surface area is 196 Å². The number of carbonyl (C=O) groups excluding carboxylic acids is 1. The van der Waals surface area contributed by atoms with Gasteiger partial charge in [0.05, 0.1) is 15.2 Å². The summed E-state index contributed by atoms with van der Waals surface area (Å²) in [5.41, 5.74) is 4.55. The van der Waals surface area contributed by atoms with Crippen LogP contribution in [-0.2, 0) is 11.4 Å². The molecule has 0 aliphatic carbocycles. The predicted octanol–water partition coefficient (Wildman–Crippen LogP) is 5.63. The maximum atomic E-state index is 12.0. The lowest BCUT2D eigenvalue weighted by molar-refractivity contribution is -0.129. The first-order valence-electron chi connectivity index (χ1n) is 8.86. The van der Waals surface area contributed by atoms with E-state index in [9.17, 15) is 9.90 Å². The number of carbonyl (C=O) groups is 1. The SMILES string of the molecule is O=C(N/N=C\c1cc(Br)c(OCc2ccc(Cl)cc2)c(Br)c1)[C@H](O)c1ccccc1. The first-order chi connectivity index (χ1) is 14.4. The average Bonchev–Trinajstić information content (AvgIpc) is 2.74. The van der Waals surface area contributed by atoms with Gasteiger partial charge in [-0.2, -0.15) is 5.10 Å². The number of aliphatic hydroxyl groups excluding tert-OH is 1. The van der Waals surface area contributed by atoms with Gasteiger partial charge < -0.3 is 9.84 Å². The maximum Gasteiger partial charge on any atom is 0.273 e. The van der Waals surface area contributed by atoms with Gasteiger partial charge in [-0.15, -0.1) is 0 Å². The van der Waals surface area contributed by atoms with Crippen LogP contribution in [0.1, 0.15) is 22.8 Å². The second-order valence-electron chi connectivity index (χ2n) is 6.28. The van der Waals surface area contributed by atoms with Crippen molar-refractivity contribution in [1.29, 1.82) is 0 Å². The van der Waals surface area contributed by atoms with Gasteiger partial charge in [0, 0.05) is 5.02 Å². The Hall–Kier alpha value is -2.19. The van der Waals surface area contributed by atoms with E-state index in [0.29, 0.717) is 22.9 Å². The fourth-order valence-electron chi connectivity index (χ4n) is 2.55. The molecule has 0 unspecified atom stereocenters. The van der Waals surface area contributed by atoms with Gasteiger partial charge >= 0.3 is 0 Å². The highest BCUT2D eigenvalue weighted by molar-refractivity contribution is 9.11. The van der Waals surface area contributed by atoms with Crippen LogP contribution in [0.3, 0.4) is 0 Å². The Morgan fingerprint density at radius 2 is 1.73 bits per heavy atom. The standard InChI is InChI=1S/C22H17Br2ClN2O3/c23-18-10-15(12-26-27-22(29)20(28)16-4-2-1-3-5-16)11-19(24)21(18)30-13-14-6-8-17(25)9-7-14/h1-12,20,28H,13H2,(H,27,29)/b26-12-/t20-/m1/s1. The molecule has 0 radical (unpaired) electrons. The normalized spacial score (nSPS) is 12.0. The van der Waals surface area contributed by atoms with Crippen LogP contribution in [0, 0.1) is 0 Å². The molecule has 0 saturated heterocycles. The van der Waals surface area contributed by atoms with Crippen LogP contribution < -0.4 is 10.2 Å². The molecular formula is C22H17Br2ClN2O3. The molecule has 5 nitrogen and oxygen atoms in total. The number of halogens is 3. The summed E-state index contributed by atoms with van der Waals surface area (Å²) in [6.45, 7) is 0.384. The first kappa shape index (κ1) is 22.5. The number of rotatable bonds is 7. The Morgan fingerprint density at radius 1 is 1.10 bits per heavy atom. The Morgan fingerprint density at radius 3 is 2.37 bits per heavy atom. The number of hydrazone groups is 1. The van der Waals surface area contributed by atoms with Crippen molar-refractivity contribution in [3.8, 4) is 5.75 Å². The van der Waals surface area contributed by atoms with Crippen LogP contribution in [0.25, 0.3) is 0 Å². The highest BCUT2D eigenvalue weighted by Gasteiger charge is 2.16. The highest BCUT2D eigenvalue weighted by Crippen LogP contribution is 2.35. The first-order valence-corrected chi connectivity index (χ1v) is 10.8. The summed E-state index contributed by atoms with van der Waals surface area (Å²) in [7, 11) is 0. The zero-order valence-electron chi connectivity index (χ0n) is 15.6. The monoisotopic (exact) mass is 550 g/mol. The van der Waals surface area contributed by atoms with Crippen molar-refractivity contribution in [3.05, 3.63) is 97.4 Å². The van der Waals surface area contributed by atoms with Gasteiger partial charge in [-0.05, 0) is 72.8 Å². The number of benzene rings is 3. The molecule has 3 rings (SSSR count). The number of aliphatic hydroxyl groups is 1. The summed E-state index contributed by atoms with van der Waals surface area (Å²) in [4.78, 5) is 12.0. The topological polar surface area (TPSA) is 70.9 Å². The van der Waals surface area contributed by atoms with Crippen LogP contribution in [-0.4, -0.2) is 17.2 Å². The van der Waals surface area contributed by atoms with Gasteiger partial charge in [0.1, 0.15) is 12.4 Å². The summed E-state index contributed by atoms with van der Waals surface area (Å²) in [6.07, 6.45) is 0.194. The van der Waals surface area contributed by atoms with E-state index in [1.807, 2.05) is 42.5 Å². The molecule has 1 amide bonds. The van der Waals surface area contributed by atoms with E-state index in [-0.39, 0.29) is 0 Å². The number of ether oxygens (including phenoxy) is 1. The quantitative estimate of drug-likeness (QED) is 0.295. The van der Waals surface area contributed by atoms with Gasteiger partial charge in [0.2, 0.25) is 0 Å². The fourth-order valence-corrected chi connectivity index (χ4v) is 4.12. The lowest BCUT2D eigenvalue weighted by Gasteiger charge is -2.11. The molecular weight excluding hydrogens is 536 g/mol. The van der Waals surface area contributed by atoms with E-state index in [2.05, 4.69) is 42.4 Å². The van der Waals surface area contributed by atoms with Crippen LogP contribution >= 0.6 is 43.5 Å². The van der Waals surface area contributed by atoms with Crippen LogP contribution in [0.4, 0.5) is 0 Å². The second kappa shape index (κ2) is 10.7. The summed E-state index contributed by atoms with van der Waals surface area (Å²) in [6, 6.07) is 19.7. The molecule has 30 heavy (non-hydrogen) atoms. The van der Waals surface area contributed by atoms with Crippen molar-refractivity contribution in [3.63, 3.8) is 0 Å². The zero-order chi connectivity index (χ0) is 21.5. The molecule has 0 bridgehead atoms. The molecule has 0 heterocycles. The van der Waals surface area contributed by atoms with Gasteiger partial charge in [-0.1, -0.05) is 54.1 Å². The summed E-state index contributed by atoms with van der Waals surface area (Å²) >= 11 is 12.9. The number of nitrogens with one attached hydrogen (secondary N) is 1. The number of hydrogen-bond acceptors (Lipinski definition) is 4. The van der Waals surface area contributed by atoms with E-state index >= 15 is 0 Å². The lowest BCUT2D eigenvalue weighted by Crippen LogP contribution is -2.25. The number of nitrogens with zero attached hydrogens (tertiary/aromatic N) is 1. The molecule has 0 aliphatic heterocycles. The molecule has 8 heteroatoms. The maximum absolute atomic E-state index is 12.0. The number of hydrogen-bond donors (Lipinski definition) is 2. The summed E-state index contributed by atoms with van der Waals surface area (Å²) in [5, 5.41) is 14.7. The molecule has 0 saturated carbocycles. The van der Waals surface area contributed by atoms with Gasteiger partial charge in [0.15, 0.2) is 6.10 Å². The molecule has 0 aliphatic rings. The predicted molar refractivity (Wildman–Crippen MR) is 125 cm³/mol. The molecule has 0 aromatic heterocycles. The van der Waals surface area contributed by atoms with E-state index in [1.165, 1.54) is 6.21 Å². The van der Waals surface area contributed by atoms with Crippen LogP contribution in [0.2, 0.25) is 5.02 Å². The molecule has 3 aromatic rings. The van der Waals surface area contributed by atoms with Crippen LogP contribution in [0.15, 0.2) is 80.8 Å². The number of amides is 1. The summed E-state index contributed by atoms with van der Waals surface area (Å²) in [5.74, 6) is 0.0316. The van der Waals surface area contributed by atoms with Crippen molar-refractivity contribution in [2.75, 3.05) is 0 Å². The molecule has 3 aromatic carbocycles. The molecule has 2 N–H and O–H groups in total. The zero-order valence-corrected chi connectivity index (χ0v) is 19.5. The Balaban J connectivity index is 1.61. The van der Waals surface area contributed by atoms with E-state index < -0.39 is 12.0 Å². The largest absolute Gasteiger partial charge is 0.487 e. The smallest absolute Gasteiger partial charge is 0.273 e. The van der Waals surface area contributed by atoms with Gasteiger partial charge in [-0.25, -0.2) is 5.43 Å². The highest BCUT2D eigenvalue weighted by atomic mass is 79.9. The average molecular weight is 553 g/mol. The van der Waals surface area contributed by atoms with Crippen molar-refractivity contribution in [1.82, 2.24) is 5.43 Å². The minimum atomic E-state index is -1.29. The van der Waals surface area contributed by atoms with Crippen molar-refractivity contribution >= 4 is 55.6 Å². The van der Waals surface area contributed by atoms with E-state index in [4.69, 9.17) is 16.3 Å². The third-order valence-electron chi connectivity index (χ3n) is 4.07. The van der Waals surface area contributed by atoms with E-state index in [1.54, 1.807) is 24.3 Å². The summed E-state index contributed by atoms with van der Waals surface area (Å²) < 4.78 is 7.34. The van der Waals surface area contributed by atoms with Crippen molar-refractivity contribution < 1.29 is 14.6 Å². The van der Waals surface area contributed by atoms with Crippen molar-refractivity contribution in [2.45, 2.75) is 12.7 Å². The Bertz CT molecular complexity index is 1020. The van der Waals surface area contributed by atoms with Crippen molar-refractivity contribution in [2.24, 2.45) is 5.10 Å². The lowest BCUT2D eigenvalue weighted by atomic mass is 10.1.